The van der Waals surface area contributed by atoms with Gasteiger partial charge in [-0.1, -0.05) is 18.6 Å². The molecule has 0 radical (unpaired) electrons. The van der Waals surface area contributed by atoms with Gasteiger partial charge in [0.05, 0.1) is 5.69 Å². The SMILES string of the molecule is Cc1cc(CC2CCCCC(=O)N2)ccc1N1CC(=O)NS1(=O)=O. The third-order valence-corrected chi connectivity index (χ3v) is 5.80. The van der Waals surface area contributed by atoms with Crippen molar-refractivity contribution in [2.75, 3.05) is 10.8 Å². The van der Waals surface area contributed by atoms with Gasteiger partial charge in [-0.15, -0.1) is 0 Å². The van der Waals surface area contributed by atoms with Crippen LogP contribution in [0.15, 0.2) is 18.2 Å². The fourth-order valence-corrected chi connectivity index (χ4v) is 4.49. The Morgan fingerprint density at radius 1 is 1.21 bits per heavy atom. The lowest BCUT2D eigenvalue weighted by molar-refractivity contribution is -0.121. The second-order valence-corrected chi connectivity index (χ2v) is 7.97. The normalized spacial score (nSPS) is 23.5. The van der Waals surface area contributed by atoms with Crippen LogP contribution < -0.4 is 14.3 Å². The van der Waals surface area contributed by atoms with Crippen LogP contribution in [0, 0.1) is 6.92 Å². The summed E-state index contributed by atoms with van der Waals surface area (Å²) in [6, 6.07) is 5.62. The van der Waals surface area contributed by atoms with Crippen molar-refractivity contribution in [2.45, 2.75) is 45.1 Å². The maximum atomic E-state index is 11.9. The Bertz CT molecular complexity index is 776. The van der Waals surface area contributed by atoms with E-state index in [-0.39, 0.29) is 18.5 Å². The van der Waals surface area contributed by atoms with Gasteiger partial charge in [0.15, 0.2) is 0 Å². The molecule has 2 amide bonds. The number of hydrogen-bond acceptors (Lipinski definition) is 4. The minimum Gasteiger partial charge on any atom is -0.353 e. The second kappa shape index (κ2) is 6.43. The maximum absolute atomic E-state index is 11.9. The highest BCUT2D eigenvalue weighted by Crippen LogP contribution is 2.26. The monoisotopic (exact) mass is 351 g/mol. The fourth-order valence-electron chi connectivity index (χ4n) is 3.27. The van der Waals surface area contributed by atoms with Crippen molar-refractivity contribution in [2.24, 2.45) is 0 Å². The highest BCUT2D eigenvalue weighted by atomic mass is 32.2. The Morgan fingerprint density at radius 3 is 2.67 bits per heavy atom. The van der Waals surface area contributed by atoms with E-state index in [1.54, 1.807) is 6.07 Å². The van der Waals surface area contributed by atoms with Gasteiger partial charge in [0.25, 0.3) is 5.91 Å². The summed E-state index contributed by atoms with van der Waals surface area (Å²) in [5.41, 5.74) is 2.33. The van der Waals surface area contributed by atoms with Crippen LogP contribution in [0.2, 0.25) is 0 Å². The van der Waals surface area contributed by atoms with Crippen LogP contribution in [-0.2, 0) is 26.2 Å². The molecule has 0 aromatic heterocycles. The van der Waals surface area contributed by atoms with E-state index in [1.165, 1.54) is 0 Å². The predicted octanol–water partition coefficient (Wildman–Crippen LogP) is 0.777. The molecule has 1 aromatic rings. The summed E-state index contributed by atoms with van der Waals surface area (Å²) in [4.78, 5) is 23.0. The van der Waals surface area contributed by atoms with E-state index in [9.17, 15) is 18.0 Å². The molecule has 7 nitrogen and oxygen atoms in total. The number of hydrogen-bond donors (Lipinski definition) is 2. The molecule has 1 unspecified atom stereocenters. The van der Waals surface area contributed by atoms with Crippen LogP contribution in [0.3, 0.4) is 0 Å². The third-order valence-electron chi connectivity index (χ3n) is 4.40. The maximum Gasteiger partial charge on any atom is 0.326 e. The summed E-state index contributed by atoms with van der Waals surface area (Å²) >= 11 is 0. The molecule has 24 heavy (non-hydrogen) atoms. The van der Waals surface area contributed by atoms with Crippen molar-refractivity contribution in [3.63, 3.8) is 0 Å². The molecule has 8 heteroatoms. The molecule has 2 aliphatic rings. The van der Waals surface area contributed by atoms with Crippen LogP contribution >= 0.6 is 0 Å². The van der Waals surface area contributed by atoms with Gasteiger partial charge in [-0.3, -0.25) is 9.59 Å². The average molecular weight is 351 g/mol. The highest BCUT2D eigenvalue weighted by molar-refractivity contribution is 7.92. The molecule has 2 aliphatic heterocycles. The lowest BCUT2D eigenvalue weighted by atomic mass is 10.00. The summed E-state index contributed by atoms with van der Waals surface area (Å²) in [7, 11) is -3.79. The van der Waals surface area contributed by atoms with Crippen molar-refractivity contribution in [1.29, 1.82) is 0 Å². The first kappa shape index (κ1) is 16.8. The van der Waals surface area contributed by atoms with Crippen molar-refractivity contribution >= 4 is 27.7 Å². The highest BCUT2D eigenvalue weighted by Gasteiger charge is 2.34. The molecule has 2 heterocycles. The number of amides is 2. The van der Waals surface area contributed by atoms with E-state index in [0.29, 0.717) is 12.1 Å². The van der Waals surface area contributed by atoms with Crippen molar-refractivity contribution < 1.29 is 18.0 Å². The van der Waals surface area contributed by atoms with Crippen molar-refractivity contribution in [3.8, 4) is 0 Å². The zero-order valence-electron chi connectivity index (χ0n) is 13.5. The van der Waals surface area contributed by atoms with Gasteiger partial charge in [0.1, 0.15) is 6.54 Å². The first-order valence-electron chi connectivity index (χ1n) is 8.07. The molecule has 3 rings (SSSR count). The minimum absolute atomic E-state index is 0.0959. The van der Waals surface area contributed by atoms with Gasteiger partial charge in [-0.25, -0.2) is 9.03 Å². The Balaban J connectivity index is 1.77. The molecule has 1 aromatic carbocycles. The quantitative estimate of drug-likeness (QED) is 0.841. The number of nitrogens with zero attached hydrogens (tertiary/aromatic N) is 1. The number of carbonyl (C=O) groups is 2. The molecule has 2 N–H and O–H groups in total. The van der Waals surface area contributed by atoms with Gasteiger partial charge in [0.2, 0.25) is 5.91 Å². The first-order valence-corrected chi connectivity index (χ1v) is 9.51. The van der Waals surface area contributed by atoms with Gasteiger partial charge in [0, 0.05) is 12.5 Å². The van der Waals surface area contributed by atoms with Gasteiger partial charge in [-0.2, -0.15) is 8.42 Å². The van der Waals surface area contributed by atoms with Crippen LogP contribution in [0.4, 0.5) is 5.69 Å². The molecule has 0 bridgehead atoms. The smallest absolute Gasteiger partial charge is 0.326 e. The molecular formula is C16H21N3O4S. The minimum atomic E-state index is -3.79. The van der Waals surface area contributed by atoms with E-state index < -0.39 is 16.1 Å². The van der Waals surface area contributed by atoms with Crippen LogP contribution in [0.25, 0.3) is 0 Å². The van der Waals surface area contributed by atoms with Crippen molar-refractivity contribution in [3.05, 3.63) is 29.3 Å². The molecule has 1 atom stereocenters. The number of rotatable bonds is 3. The second-order valence-electron chi connectivity index (χ2n) is 6.37. The zero-order chi connectivity index (χ0) is 17.3. The summed E-state index contributed by atoms with van der Waals surface area (Å²) in [6.07, 6.45) is 4.21. The predicted molar refractivity (Wildman–Crippen MR) is 89.7 cm³/mol. The zero-order valence-corrected chi connectivity index (χ0v) is 14.4. The first-order chi connectivity index (χ1) is 11.3. The van der Waals surface area contributed by atoms with Crippen LogP contribution in [0.1, 0.15) is 36.8 Å². The molecular weight excluding hydrogens is 330 g/mol. The Morgan fingerprint density at radius 2 is 2.00 bits per heavy atom. The standard InChI is InChI=1S/C16H21N3O4S/c1-11-8-12(9-13-4-2-3-5-15(20)17-13)6-7-14(11)19-10-16(21)18-24(19,22)23/h6-8,13H,2-5,9-10H2,1H3,(H,17,20)(H,18,21). The summed E-state index contributed by atoms with van der Waals surface area (Å²) in [5.74, 6) is -0.432. The number of anilines is 1. The lowest BCUT2D eigenvalue weighted by Gasteiger charge is -2.20. The topological polar surface area (TPSA) is 95.6 Å². The molecule has 2 saturated heterocycles. The molecule has 0 aliphatic carbocycles. The summed E-state index contributed by atoms with van der Waals surface area (Å²) < 4.78 is 27.0. The Labute approximate surface area is 141 Å². The van der Waals surface area contributed by atoms with Gasteiger partial charge < -0.3 is 5.32 Å². The number of carbonyl (C=O) groups excluding carboxylic acids is 2. The summed E-state index contributed by atoms with van der Waals surface area (Å²) in [6.45, 7) is 1.63. The van der Waals surface area contributed by atoms with E-state index >= 15 is 0 Å². The average Bonchev–Trinajstić information content (AvgIpc) is 2.64. The Hall–Kier alpha value is -2.09. The van der Waals surface area contributed by atoms with E-state index in [2.05, 4.69) is 5.32 Å². The van der Waals surface area contributed by atoms with Gasteiger partial charge in [-0.05, 0) is 43.4 Å². The van der Waals surface area contributed by atoms with Gasteiger partial charge >= 0.3 is 10.2 Å². The molecule has 0 spiro atoms. The molecule has 0 saturated carbocycles. The molecule has 2 fully saturated rings. The number of benzene rings is 1. The third kappa shape index (κ3) is 3.53. The van der Waals surface area contributed by atoms with Crippen LogP contribution in [0.5, 0.6) is 0 Å². The van der Waals surface area contributed by atoms with E-state index in [0.717, 1.165) is 41.1 Å². The van der Waals surface area contributed by atoms with E-state index in [4.69, 9.17) is 0 Å². The van der Waals surface area contributed by atoms with Crippen LogP contribution in [-0.4, -0.2) is 32.8 Å². The molecule has 130 valence electrons. The van der Waals surface area contributed by atoms with Crippen molar-refractivity contribution in [1.82, 2.24) is 10.0 Å². The number of nitrogens with one attached hydrogen (secondary N) is 2. The largest absolute Gasteiger partial charge is 0.353 e. The summed E-state index contributed by atoms with van der Waals surface area (Å²) in [5, 5.41) is 3.04. The lowest BCUT2D eigenvalue weighted by Crippen LogP contribution is -2.34. The number of aryl methyl sites for hydroxylation is 1. The Kier molecular flexibility index (Phi) is 4.49. The fraction of sp³-hybridized carbons (Fsp3) is 0.500. The van der Waals surface area contributed by atoms with E-state index in [1.807, 2.05) is 23.8 Å².